The summed E-state index contributed by atoms with van der Waals surface area (Å²) in [4.78, 5) is 15.9. The van der Waals surface area contributed by atoms with Gasteiger partial charge in [-0.1, -0.05) is 53.7 Å². The van der Waals surface area contributed by atoms with E-state index in [1.807, 2.05) is 12.1 Å². The van der Waals surface area contributed by atoms with Gasteiger partial charge in [-0.2, -0.15) is 0 Å². The topological polar surface area (TPSA) is 73.9 Å². The van der Waals surface area contributed by atoms with Crippen LogP contribution in [0.5, 0.6) is 5.75 Å². The second-order valence-corrected chi connectivity index (χ2v) is 3.60. The molecule has 0 aromatic heterocycles. The zero-order valence-electron chi connectivity index (χ0n) is 10.0. The van der Waals surface area contributed by atoms with Crippen LogP contribution in [-0.4, -0.2) is 12.0 Å². The molecule has 2 N–H and O–H groups in total. The molecule has 96 valence electrons. The SMILES string of the molecule is N/C(=N\OC(=O)Oc1ccccc1)c1ccccc1. The Kier molecular flexibility index (Phi) is 4.12. The number of oxime groups is 1. The van der Waals surface area contributed by atoms with Gasteiger partial charge in [0.1, 0.15) is 5.75 Å². The van der Waals surface area contributed by atoms with E-state index >= 15 is 0 Å². The van der Waals surface area contributed by atoms with E-state index in [1.54, 1.807) is 48.5 Å². The van der Waals surface area contributed by atoms with Crippen LogP contribution < -0.4 is 10.5 Å². The zero-order valence-corrected chi connectivity index (χ0v) is 10.0. The molecule has 2 aromatic rings. The van der Waals surface area contributed by atoms with Crippen LogP contribution in [0.15, 0.2) is 65.8 Å². The van der Waals surface area contributed by atoms with Gasteiger partial charge in [-0.15, -0.1) is 0 Å². The summed E-state index contributed by atoms with van der Waals surface area (Å²) in [6.45, 7) is 0. The van der Waals surface area contributed by atoms with Crippen LogP contribution in [0, 0.1) is 0 Å². The van der Waals surface area contributed by atoms with Crippen molar-refractivity contribution in [3.05, 3.63) is 66.2 Å². The third-order valence-electron chi connectivity index (χ3n) is 2.23. The number of hydrogen-bond donors (Lipinski definition) is 1. The highest BCUT2D eigenvalue weighted by atomic mass is 16.8. The average Bonchev–Trinajstić information content (AvgIpc) is 2.47. The number of amidine groups is 1. The highest BCUT2D eigenvalue weighted by molar-refractivity contribution is 5.97. The molecule has 0 spiro atoms. The van der Waals surface area contributed by atoms with Crippen molar-refractivity contribution in [3.63, 3.8) is 0 Å². The molecule has 0 atom stereocenters. The van der Waals surface area contributed by atoms with Crippen LogP contribution in [0.2, 0.25) is 0 Å². The molecule has 0 radical (unpaired) electrons. The Bertz CT molecular complexity index is 568. The Hall–Kier alpha value is -2.82. The van der Waals surface area contributed by atoms with E-state index in [4.69, 9.17) is 10.5 Å². The van der Waals surface area contributed by atoms with Gasteiger partial charge in [0.05, 0.1) is 0 Å². The lowest BCUT2D eigenvalue weighted by molar-refractivity contribution is 0.102. The molecule has 0 heterocycles. The number of carbonyl (C=O) groups excluding carboxylic acids is 1. The molecule has 19 heavy (non-hydrogen) atoms. The Morgan fingerprint density at radius 3 is 2.16 bits per heavy atom. The minimum absolute atomic E-state index is 0.102. The fourth-order valence-corrected chi connectivity index (χ4v) is 1.35. The molecule has 0 unspecified atom stereocenters. The largest absolute Gasteiger partial charge is 0.540 e. The summed E-state index contributed by atoms with van der Waals surface area (Å²) >= 11 is 0. The third-order valence-corrected chi connectivity index (χ3v) is 2.23. The fourth-order valence-electron chi connectivity index (χ4n) is 1.35. The molecule has 2 rings (SSSR count). The van der Waals surface area contributed by atoms with Crippen molar-refractivity contribution < 1.29 is 14.4 Å². The Morgan fingerprint density at radius 2 is 1.53 bits per heavy atom. The number of nitrogens with zero attached hydrogens (tertiary/aromatic N) is 1. The summed E-state index contributed by atoms with van der Waals surface area (Å²) < 4.78 is 4.88. The lowest BCUT2D eigenvalue weighted by Gasteiger charge is -2.02. The summed E-state index contributed by atoms with van der Waals surface area (Å²) in [6.07, 6.45) is -0.940. The summed E-state index contributed by atoms with van der Waals surface area (Å²) in [6, 6.07) is 17.5. The first-order valence-electron chi connectivity index (χ1n) is 5.58. The molecule has 5 nitrogen and oxygen atoms in total. The van der Waals surface area contributed by atoms with Gasteiger partial charge in [0.15, 0.2) is 5.84 Å². The van der Waals surface area contributed by atoms with Gasteiger partial charge >= 0.3 is 6.16 Å². The van der Waals surface area contributed by atoms with Gasteiger partial charge in [0.25, 0.3) is 0 Å². The van der Waals surface area contributed by atoms with Crippen LogP contribution in [0.1, 0.15) is 5.56 Å². The Labute approximate surface area is 110 Å². The third kappa shape index (κ3) is 3.85. The molecular formula is C14H12N2O3. The number of para-hydroxylation sites is 1. The number of rotatable bonds is 3. The molecule has 0 saturated carbocycles. The Morgan fingerprint density at radius 1 is 0.947 bits per heavy atom. The van der Waals surface area contributed by atoms with Crippen molar-refractivity contribution in [2.45, 2.75) is 0 Å². The quantitative estimate of drug-likeness (QED) is 0.229. The zero-order chi connectivity index (χ0) is 13.5. The van der Waals surface area contributed by atoms with Crippen LogP contribution >= 0.6 is 0 Å². The first kappa shape index (κ1) is 12.6. The molecular weight excluding hydrogens is 244 g/mol. The van der Waals surface area contributed by atoms with E-state index in [2.05, 4.69) is 9.99 Å². The highest BCUT2D eigenvalue weighted by Crippen LogP contribution is 2.09. The van der Waals surface area contributed by atoms with Crippen molar-refractivity contribution in [2.75, 3.05) is 0 Å². The number of nitrogens with two attached hydrogens (primary N) is 1. The predicted molar refractivity (Wildman–Crippen MR) is 70.7 cm³/mol. The van der Waals surface area contributed by atoms with Crippen molar-refractivity contribution in [2.24, 2.45) is 10.9 Å². The van der Waals surface area contributed by atoms with E-state index in [0.29, 0.717) is 11.3 Å². The van der Waals surface area contributed by atoms with E-state index in [0.717, 1.165) is 0 Å². The molecule has 0 saturated heterocycles. The van der Waals surface area contributed by atoms with Crippen LogP contribution in [0.25, 0.3) is 0 Å². The maximum atomic E-state index is 11.3. The van der Waals surface area contributed by atoms with E-state index in [9.17, 15) is 4.79 Å². The fraction of sp³-hybridized carbons (Fsp3) is 0. The second-order valence-electron chi connectivity index (χ2n) is 3.60. The standard InChI is InChI=1S/C14H12N2O3/c15-13(11-7-3-1-4-8-11)16-19-14(17)18-12-9-5-2-6-10-12/h1-10H,(H2,15,16). The number of hydrogen-bond acceptors (Lipinski definition) is 4. The molecule has 0 fully saturated rings. The smallest absolute Gasteiger partial charge is 0.393 e. The van der Waals surface area contributed by atoms with Crippen LogP contribution in [-0.2, 0) is 4.84 Å². The molecule has 2 aromatic carbocycles. The van der Waals surface area contributed by atoms with Gasteiger partial charge in [0, 0.05) is 5.56 Å². The minimum atomic E-state index is -0.940. The molecule has 0 aliphatic carbocycles. The van der Waals surface area contributed by atoms with Crippen molar-refractivity contribution in [1.82, 2.24) is 0 Å². The average molecular weight is 256 g/mol. The minimum Gasteiger partial charge on any atom is -0.393 e. The van der Waals surface area contributed by atoms with Crippen molar-refractivity contribution in [1.29, 1.82) is 0 Å². The summed E-state index contributed by atoms with van der Waals surface area (Å²) in [5.74, 6) is 0.478. The summed E-state index contributed by atoms with van der Waals surface area (Å²) in [5, 5.41) is 3.51. The first-order chi connectivity index (χ1) is 9.25. The lowest BCUT2D eigenvalue weighted by atomic mass is 10.2. The van der Waals surface area contributed by atoms with Gasteiger partial charge in [-0.05, 0) is 12.1 Å². The maximum Gasteiger partial charge on any atom is 0.540 e. The number of ether oxygens (including phenoxy) is 1. The molecule has 0 aliphatic rings. The summed E-state index contributed by atoms with van der Waals surface area (Å²) in [7, 11) is 0. The van der Waals surface area contributed by atoms with E-state index in [-0.39, 0.29) is 5.84 Å². The van der Waals surface area contributed by atoms with E-state index < -0.39 is 6.16 Å². The predicted octanol–water partition coefficient (Wildman–Crippen LogP) is 2.52. The molecule has 5 heteroatoms. The second kappa shape index (κ2) is 6.20. The van der Waals surface area contributed by atoms with Crippen LogP contribution in [0.4, 0.5) is 4.79 Å². The first-order valence-corrected chi connectivity index (χ1v) is 5.58. The van der Waals surface area contributed by atoms with Crippen molar-refractivity contribution >= 4 is 12.0 Å². The summed E-state index contributed by atoms with van der Waals surface area (Å²) in [5.41, 5.74) is 6.32. The highest BCUT2D eigenvalue weighted by Gasteiger charge is 2.06. The van der Waals surface area contributed by atoms with Gasteiger partial charge in [-0.25, -0.2) is 4.79 Å². The lowest BCUT2D eigenvalue weighted by Crippen LogP contribution is -2.16. The maximum absolute atomic E-state index is 11.3. The van der Waals surface area contributed by atoms with Crippen molar-refractivity contribution in [3.8, 4) is 5.75 Å². The van der Waals surface area contributed by atoms with E-state index in [1.165, 1.54) is 0 Å². The molecule has 0 aliphatic heterocycles. The monoisotopic (exact) mass is 256 g/mol. The molecule has 0 bridgehead atoms. The number of benzene rings is 2. The Balaban J connectivity index is 1.93. The number of carbonyl (C=O) groups is 1. The van der Waals surface area contributed by atoms with Crippen LogP contribution in [0.3, 0.4) is 0 Å². The molecule has 0 amide bonds. The van der Waals surface area contributed by atoms with Gasteiger partial charge < -0.3 is 10.5 Å². The van der Waals surface area contributed by atoms with Gasteiger partial charge in [0.2, 0.25) is 0 Å². The van der Waals surface area contributed by atoms with Gasteiger partial charge in [-0.3, -0.25) is 4.84 Å². The normalized spacial score (nSPS) is 10.8.